The van der Waals surface area contributed by atoms with E-state index in [1.165, 1.54) is 0 Å². The zero-order valence-corrected chi connectivity index (χ0v) is 5.66. The average molecular weight is 136 g/mol. The number of hydrogen-bond donors (Lipinski definition) is 2. The molecule has 1 rings (SSSR count). The predicted octanol–water partition coefficient (Wildman–Crippen LogP) is 0.613. The monoisotopic (exact) mass is 136 g/mol. The lowest BCUT2D eigenvalue weighted by Gasteiger charge is -1.99. The summed E-state index contributed by atoms with van der Waals surface area (Å²) >= 11 is 8.37. The Labute approximate surface area is 54.3 Å². The van der Waals surface area contributed by atoms with Crippen molar-refractivity contribution in [2.24, 2.45) is 0 Å². The standard InChI is InChI=1S/C4H8OS2/c6-3-1-5-2-4(3)7/h3-4,6-7H,1-2H2. The maximum absolute atomic E-state index is 5.02. The molecule has 0 aromatic carbocycles. The SMILES string of the molecule is SC1COCC1S. The second-order valence-corrected chi connectivity index (χ2v) is 3.00. The summed E-state index contributed by atoms with van der Waals surface area (Å²) in [5.74, 6) is 0. The normalized spacial score (nSPS) is 42.0. The van der Waals surface area contributed by atoms with Gasteiger partial charge in [-0.05, 0) is 0 Å². The van der Waals surface area contributed by atoms with E-state index in [0.717, 1.165) is 13.2 Å². The summed E-state index contributed by atoms with van der Waals surface area (Å²) in [5, 5.41) is 0.701. The minimum Gasteiger partial charge on any atom is -0.379 e. The molecule has 1 fully saturated rings. The summed E-state index contributed by atoms with van der Waals surface area (Å²) in [7, 11) is 0. The summed E-state index contributed by atoms with van der Waals surface area (Å²) in [6.07, 6.45) is 0. The van der Waals surface area contributed by atoms with Gasteiger partial charge in [0.2, 0.25) is 0 Å². The zero-order chi connectivity index (χ0) is 5.28. The lowest BCUT2D eigenvalue weighted by molar-refractivity contribution is 0.200. The quantitative estimate of drug-likeness (QED) is 0.464. The van der Waals surface area contributed by atoms with Gasteiger partial charge in [-0.1, -0.05) is 0 Å². The molecule has 1 nitrogen and oxygen atoms in total. The van der Waals surface area contributed by atoms with Crippen molar-refractivity contribution in [1.82, 2.24) is 0 Å². The second kappa shape index (κ2) is 2.29. The first-order chi connectivity index (χ1) is 3.30. The van der Waals surface area contributed by atoms with E-state index in [4.69, 9.17) is 4.74 Å². The lowest BCUT2D eigenvalue weighted by Crippen LogP contribution is -2.10. The van der Waals surface area contributed by atoms with E-state index in [9.17, 15) is 0 Å². The first-order valence-corrected chi connectivity index (χ1v) is 3.28. The van der Waals surface area contributed by atoms with Gasteiger partial charge in [-0.25, -0.2) is 0 Å². The van der Waals surface area contributed by atoms with E-state index < -0.39 is 0 Å². The van der Waals surface area contributed by atoms with Crippen molar-refractivity contribution in [3.05, 3.63) is 0 Å². The fourth-order valence-electron chi connectivity index (χ4n) is 0.532. The summed E-state index contributed by atoms with van der Waals surface area (Å²) < 4.78 is 5.02. The summed E-state index contributed by atoms with van der Waals surface area (Å²) in [4.78, 5) is 0. The lowest BCUT2D eigenvalue weighted by atomic mass is 10.4. The van der Waals surface area contributed by atoms with Gasteiger partial charge in [0.1, 0.15) is 0 Å². The summed E-state index contributed by atoms with van der Waals surface area (Å²) in [6.45, 7) is 1.52. The van der Waals surface area contributed by atoms with E-state index in [2.05, 4.69) is 25.3 Å². The number of hydrogen-bond acceptors (Lipinski definition) is 3. The van der Waals surface area contributed by atoms with Crippen LogP contribution in [0.15, 0.2) is 0 Å². The van der Waals surface area contributed by atoms with E-state index in [1.807, 2.05) is 0 Å². The van der Waals surface area contributed by atoms with Gasteiger partial charge < -0.3 is 4.74 Å². The van der Waals surface area contributed by atoms with Crippen LogP contribution in [0, 0.1) is 0 Å². The van der Waals surface area contributed by atoms with Gasteiger partial charge in [0.15, 0.2) is 0 Å². The van der Waals surface area contributed by atoms with Crippen LogP contribution in [0.5, 0.6) is 0 Å². The van der Waals surface area contributed by atoms with E-state index in [-0.39, 0.29) is 0 Å². The Morgan fingerprint density at radius 3 is 1.71 bits per heavy atom. The van der Waals surface area contributed by atoms with Gasteiger partial charge in [0.05, 0.1) is 13.2 Å². The molecule has 1 aliphatic rings. The average Bonchev–Trinajstić information content (AvgIpc) is 1.91. The van der Waals surface area contributed by atoms with Gasteiger partial charge in [-0.3, -0.25) is 0 Å². The molecule has 0 aromatic heterocycles. The Balaban J connectivity index is 2.33. The molecular weight excluding hydrogens is 128 g/mol. The molecule has 0 saturated carbocycles. The van der Waals surface area contributed by atoms with Crippen molar-refractivity contribution < 1.29 is 4.74 Å². The first-order valence-electron chi connectivity index (χ1n) is 2.24. The summed E-state index contributed by atoms with van der Waals surface area (Å²) in [6, 6.07) is 0. The molecule has 1 aliphatic heterocycles. The topological polar surface area (TPSA) is 9.23 Å². The van der Waals surface area contributed by atoms with Gasteiger partial charge in [0, 0.05) is 10.5 Å². The molecule has 0 N–H and O–H groups in total. The van der Waals surface area contributed by atoms with Crippen LogP contribution in [0.3, 0.4) is 0 Å². The van der Waals surface area contributed by atoms with Crippen LogP contribution in [0.1, 0.15) is 0 Å². The highest BCUT2D eigenvalue weighted by atomic mass is 32.1. The van der Waals surface area contributed by atoms with Gasteiger partial charge in [0.25, 0.3) is 0 Å². The van der Waals surface area contributed by atoms with Gasteiger partial charge in [-0.2, -0.15) is 25.3 Å². The molecule has 1 heterocycles. The van der Waals surface area contributed by atoms with Crippen LogP contribution in [0.4, 0.5) is 0 Å². The second-order valence-electron chi connectivity index (χ2n) is 1.67. The molecule has 2 atom stereocenters. The summed E-state index contributed by atoms with van der Waals surface area (Å²) in [5.41, 5.74) is 0. The number of ether oxygens (including phenoxy) is 1. The Morgan fingerprint density at radius 2 is 1.57 bits per heavy atom. The number of rotatable bonds is 0. The Hall–Kier alpha value is 0.660. The smallest absolute Gasteiger partial charge is 0.0594 e. The van der Waals surface area contributed by atoms with Crippen molar-refractivity contribution >= 4 is 25.3 Å². The molecule has 0 spiro atoms. The van der Waals surface area contributed by atoms with E-state index in [0.29, 0.717) is 10.5 Å². The molecule has 0 aliphatic carbocycles. The molecule has 0 bridgehead atoms. The van der Waals surface area contributed by atoms with Gasteiger partial charge >= 0.3 is 0 Å². The highest BCUT2D eigenvalue weighted by Crippen LogP contribution is 2.15. The maximum Gasteiger partial charge on any atom is 0.0594 e. The van der Waals surface area contributed by atoms with Crippen molar-refractivity contribution in [3.63, 3.8) is 0 Å². The van der Waals surface area contributed by atoms with Crippen LogP contribution in [0.25, 0.3) is 0 Å². The molecule has 7 heavy (non-hydrogen) atoms. The van der Waals surface area contributed by atoms with Gasteiger partial charge in [-0.15, -0.1) is 0 Å². The zero-order valence-electron chi connectivity index (χ0n) is 3.87. The fourth-order valence-corrected chi connectivity index (χ4v) is 0.915. The van der Waals surface area contributed by atoms with Crippen LogP contribution < -0.4 is 0 Å². The first kappa shape index (κ1) is 5.79. The molecule has 1 saturated heterocycles. The van der Waals surface area contributed by atoms with Crippen LogP contribution in [-0.4, -0.2) is 23.7 Å². The molecule has 0 amide bonds. The highest BCUT2D eigenvalue weighted by molar-refractivity contribution is 7.85. The minimum absolute atomic E-state index is 0.350. The van der Waals surface area contributed by atoms with Crippen molar-refractivity contribution in [2.75, 3.05) is 13.2 Å². The van der Waals surface area contributed by atoms with Crippen molar-refractivity contribution in [2.45, 2.75) is 10.5 Å². The fraction of sp³-hybridized carbons (Fsp3) is 1.00. The third kappa shape index (κ3) is 1.27. The van der Waals surface area contributed by atoms with Crippen molar-refractivity contribution in [3.8, 4) is 0 Å². The Kier molecular flexibility index (Phi) is 1.89. The number of thiol groups is 2. The third-order valence-electron chi connectivity index (χ3n) is 1.02. The Morgan fingerprint density at radius 1 is 1.14 bits per heavy atom. The largest absolute Gasteiger partial charge is 0.379 e. The molecule has 3 heteroatoms. The van der Waals surface area contributed by atoms with Crippen molar-refractivity contribution in [1.29, 1.82) is 0 Å². The highest BCUT2D eigenvalue weighted by Gasteiger charge is 2.20. The molecule has 0 aromatic rings. The van der Waals surface area contributed by atoms with Crippen LogP contribution >= 0.6 is 25.3 Å². The molecular formula is C4H8OS2. The predicted molar refractivity (Wildman–Crippen MR) is 36.4 cm³/mol. The maximum atomic E-state index is 5.02. The molecule has 2 unspecified atom stereocenters. The molecule has 0 radical (unpaired) electrons. The minimum atomic E-state index is 0.350. The van der Waals surface area contributed by atoms with Crippen LogP contribution in [0.2, 0.25) is 0 Å². The van der Waals surface area contributed by atoms with E-state index >= 15 is 0 Å². The van der Waals surface area contributed by atoms with E-state index in [1.54, 1.807) is 0 Å². The van der Waals surface area contributed by atoms with Crippen LogP contribution in [-0.2, 0) is 4.74 Å². The third-order valence-corrected chi connectivity index (χ3v) is 2.27. The molecule has 42 valence electrons. The Bertz CT molecular complexity index is 58.7.